The third kappa shape index (κ3) is 4.51. The fraction of sp³-hybridized carbons (Fsp3) is 0.900. The van der Waals surface area contributed by atoms with Gasteiger partial charge in [-0.2, -0.15) is 13.2 Å². The average molecular weight is 254 g/mol. The van der Waals surface area contributed by atoms with Crippen LogP contribution in [0.3, 0.4) is 0 Å². The van der Waals surface area contributed by atoms with E-state index in [2.05, 4.69) is 0 Å². The first-order chi connectivity index (χ1) is 7.83. The van der Waals surface area contributed by atoms with Gasteiger partial charge in [0.1, 0.15) is 6.54 Å². The fourth-order valence-corrected chi connectivity index (χ4v) is 2.10. The van der Waals surface area contributed by atoms with E-state index in [0.717, 1.165) is 0 Å². The number of hydrogen-bond acceptors (Lipinski definition) is 3. The smallest absolute Gasteiger partial charge is 0.395 e. The Hall–Kier alpha value is -0.820. The normalized spacial score (nSPS) is 25.0. The number of carbonyl (C=O) groups excluding carboxylic acids is 1. The van der Waals surface area contributed by atoms with Crippen molar-refractivity contribution in [2.24, 2.45) is 11.7 Å². The van der Waals surface area contributed by atoms with Crippen molar-refractivity contribution in [1.82, 2.24) is 4.90 Å². The molecule has 0 radical (unpaired) electrons. The van der Waals surface area contributed by atoms with Crippen LogP contribution < -0.4 is 5.73 Å². The Balaban J connectivity index is 2.60. The number of carbonyl (C=O) groups is 1. The second-order valence-corrected chi connectivity index (χ2v) is 4.37. The van der Waals surface area contributed by atoms with Gasteiger partial charge in [0.25, 0.3) is 0 Å². The second-order valence-electron chi connectivity index (χ2n) is 4.37. The van der Waals surface area contributed by atoms with E-state index < -0.39 is 31.2 Å². The number of rotatable bonds is 4. The van der Waals surface area contributed by atoms with Crippen molar-refractivity contribution >= 4 is 5.91 Å². The highest BCUT2D eigenvalue weighted by Crippen LogP contribution is 2.27. The van der Waals surface area contributed by atoms with Gasteiger partial charge in [0.05, 0.1) is 6.61 Å². The maximum Gasteiger partial charge on any atom is 0.406 e. The molecule has 1 aliphatic rings. The molecule has 2 unspecified atom stereocenters. The minimum atomic E-state index is -4.44. The Kier molecular flexibility index (Phi) is 4.76. The zero-order valence-electron chi connectivity index (χ0n) is 9.41. The molecular weight excluding hydrogens is 237 g/mol. The van der Waals surface area contributed by atoms with E-state index in [4.69, 9.17) is 10.8 Å². The Morgan fingerprint density at radius 1 is 1.41 bits per heavy atom. The van der Waals surface area contributed by atoms with Crippen molar-refractivity contribution in [3.63, 3.8) is 0 Å². The molecule has 7 heteroatoms. The average Bonchev–Trinajstić information content (AvgIpc) is 2.61. The summed E-state index contributed by atoms with van der Waals surface area (Å²) in [6, 6.07) is -0.106. The first-order valence-electron chi connectivity index (χ1n) is 5.55. The molecule has 0 aliphatic heterocycles. The minimum Gasteiger partial charge on any atom is -0.395 e. The predicted molar refractivity (Wildman–Crippen MR) is 55.0 cm³/mol. The molecule has 1 saturated carbocycles. The molecule has 1 rings (SSSR count). The third-order valence-corrected chi connectivity index (χ3v) is 2.87. The molecule has 0 spiro atoms. The summed E-state index contributed by atoms with van der Waals surface area (Å²) in [6.45, 7) is -2.07. The summed E-state index contributed by atoms with van der Waals surface area (Å²) in [5.74, 6) is -0.983. The standard InChI is InChI=1S/C10H17F3N2O2/c11-10(12,13)6-15(3-4-16)9(17)7-1-2-8(14)5-7/h7-8,16H,1-6,14H2. The number of aliphatic hydroxyl groups excluding tert-OH is 1. The van der Waals surface area contributed by atoms with Crippen molar-refractivity contribution < 1.29 is 23.1 Å². The molecule has 100 valence electrons. The number of aliphatic hydroxyl groups is 1. The second kappa shape index (κ2) is 5.68. The van der Waals surface area contributed by atoms with Gasteiger partial charge in [-0.3, -0.25) is 4.79 Å². The van der Waals surface area contributed by atoms with Crippen LogP contribution in [0.5, 0.6) is 0 Å². The monoisotopic (exact) mass is 254 g/mol. The van der Waals surface area contributed by atoms with E-state index in [9.17, 15) is 18.0 Å². The van der Waals surface area contributed by atoms with Crippen LogP contribution in [0, 0.1) is 5.92 Å². The summed E-state index contributed by atoms with van der Waals surface area (Å²) in [6.07, 6.45) is -2.82. The van der Waals surface area contributed by atoms with Crippen LogP contribution in [0.2, 0.25) is 0 Å². The molecule has 0 heterocycles. The zero-order chi connectivity index (χ0) is 13.1. The number of amides is 1. The maximum atomic E-state index is 12.3. The molecule has 0 bridgehead atoms. The predicted octanol–water partition coefficient (Wildman–Crippen LogP) is 0.497. The molecular formula is C10H17F3N2O2. The maximum absolute atomic E-state index is 12.3. The quantitative estimate of drug-likeness (QED) is 0.767. The summed E-state index contributed by atoms with van der Waals surface area (Å²) < 4.78 is 36.8. The van der Waals surface area contributed by atoms with Crippen molar-refractivity contribution in [3.05, 3.63) is 0 Å². The summed E-state index contributed by atoms with van der Waals surface area (Å²) in [5, 5.41) is 8.69. The Morgan fingerprint density at radius 3 is 2.47 bits per heavy atom. The molecule has 0 aromatic rings. The van der Waals surface area contributed by atoms with Crippen LogP contribution in [0.1, 0.15) is 19.3 Å². The van der Waals surface area contributed by atoms with Gasteiger partial charge in [0.2, 0.25) is 5.91 Å². The topological polar surface area (TPSA) is 66.6 Å². The Morgan fingerprint density at radius 2 is 2.06 bits per heavy atom. The first kappa shape index (κ1) is 14.2. The lowest BCUT2D eigenvalue weighted by molar-refractivity contribution is -0.164. The molecule has 4 nitrogen and oxygen atoms in total. The van der Waals surface area contributed by atoms with E-state index in [1.807, 2.05) is 0 Å². The highest BCUT2D eigenvalue weighted by Gasteiger charge is 2.37. The molecule has 0 aromatic heterocycles. The van der Waals surface area contributed by atoms with Gasteiger partial charge in [-0.15, -0.1) is 0 Å². The van der Waals surface area contributed by atoms with Gasteiger partial charge in [0.15, 0.2) is 0 Å². The van der Waals surface area contributed by atoms with Crippen LogP contribution in [0.25, 0.3) is 0 Å². The van der Waals surface area contributed by atoms with Crippen molar-refractivity contribution in [2.75, 3.05) is 19.7 Å². The van der Waals surface area contributed by atoms with Crippen LogP contribution in [0.15, 0.2) is 0 Å². The first-order valence-corrected chi connectivity index (χ1v) is 5.55. The van der Waals surface area contributed by atoms with Crippen LogP contribution in [-0.4, -0.2) is 47.8 Å². The lowest BCUT2D eigenvalue weighted by atomic mass is 10.1. The number of alkyl halides is 3. The largest absolute Gasteiger partial charge is 0.406 e. The SMILES string of the molecule is NC1CCC(C(=O)N(CCO)CC(F)(F)F)C1. The Bertz CT molecular complexity index is 271. The fourth-order valence-electron chi connectivity index (χ4n) is 2.10. The van der Waals surface area contributed by atoms with E-state index in [0.29, 0.717) is 24.2 Å². The van der Waals surface area contributed by atoms with E-state index >= 15 is 0 Å². The van der Waals surface area contributed by atoms with Gasteiger partial charge in [0, 0.05) is 18.5 Å². The molecule has 1 aliphatic carbocycles. The highest BCUT2D eigenvalue weighted by molar-refractivity contribution is 5.79. The van der Waals surface area contributed by atoms with Crippen molar-refractivity contribution in [2.45, 2.75) is 31.5 Å². The summed E-state index contributed by atoms with van der Waals surface area (Å²) in [5.41, 5.74) is 5.62. The Labute approximate surface area is 97.6 Å². The van der Waals surface area contributed by atoms with Gasteiger partial charge in [-0.1, -0.05) is 0 Å². The molecule has 2 atom stereocenters. The summed E-state index contributed by atoms with van der Waals surface area (Å²) in [4.78, 5) is 12.5. The van der Waals surface area contributed by atoms with Crippen molar-refractivity contribution in [1.29, 1.82) is 0 Å². The van der Waals surface area contributed by atoms with E-state index in [1.54, 1.807) is 0 Å². The zero-order valence-corrected chi connectivity index (χ0v) is 9.41. The molecule has 1 amide bonds. The molecule has 3 N–H and O–H groups in total. The summed E-state index contributed by atoms with van der Waals surface area (Å²) in [7, 11) is 0. The molecule has 1 fully saturated rings. The van der Waals surface area contributed by atoms with Crippen LogP contribution in [-0.2, 0) is 4.79 Å². The van der Waals surface area contributed by atoms with Gasteiger partial charge < -0.3 is 15.7 Å². The van der Waals surface area contributed by atoms with Crippen LogP contribution >= 0.6 is 0 Å². The lowest BCUT2D eigenvalue weighted by Gasteiger charge is -2.25. The lowest BCUT2D eigenvalue weighted by Crippen LogP contribution is -2.43. The molecule has 0 saturated heterocycles. The number of hydrogen-bond donors (Lipinski definition) is 2. The van der Waals surface area contributed by atoms with E-state index in [-0.39, 0.29) is 12.6 Å². The van der Waals surface area contributed by atoms with Crippen molar-refractivity contribution in [3.8, 4) is 0 Å². The van der Waals surface area contributed by atoms with E-state index in [1.165, 1.54) is 0 Å². The van der Waals surface area contributed by atoms with Gasteiger partial charge in [-0.25, -0.2) is 0 Å². The van der Waals surface area contributed by atoms with Crippen LogP contribution in [0.4, 0.5) is 13.2 Å². The number of nitrogens with zero attached hydrogens (tertiary/aromatic N) is 1. The third-order valence-electron chi connectivity index (χ3n) is 2.87. The summed E-state index contributed by atoms with van der Waals surface area (Å²) >= 11 is 0. The minimum absolute atomic E-state index is 0.106. The van der Waals surface area contributed by atoms with Gasteiger partial charge in [-0.05, 0) is 19.3 Å². The number of halogens is 3. The highest BCUT2D eigenvalue weighted by atomic mass is 19.4. The number of nitrogens with two attached hydrogens (primary N) is 1. The molecule has 17 heavy (non-hydrogen) atoms. The van der Waals surface area contributed by atoms with Gasteiger partial charge >= 0.3 is 6.18 Å². The molecule has 0 aromatic carbocycles.